The van der Waals surface area contributed by atoms with Gasteiger partial charge in [-0.25, -0.2) is 9.97 Å². The van der Waals surface area contributed by atoms with Gasteiger partial charge in [0.05, 0.1) is 17.3 Å². The fourth-order valence-corrected chi connectivity index (χ4v) is 3.52. The molecule has 1 atom stereocenters. The van der Waals surface area contributed by atoms with E-state index in [1.54, 1.807) is 0 Å². The number of amides is 1. The van der Waals surface area contributed by atoms with E-state index in [0.29, 0.717) is 5.02 Å². The zero-order valence-electron chi connectivity index (χ0n) is 13.1. The molecule has 24 heavy (non-hydrogen) atoms. The number of carbonyl (C=O) groups excluding carboxylic acids is 1. The first-order valence-electron chi connectivity index (χ1n) is 7.51. The van der Waals surface area contributed by atoms with E-state index in [1.165, 1.54) is 18.1 Å². The van der Waals surface area contributed by atoms with Crippen LogP contribution in [0.4, 0.5) is 0 Å². The fraction of sp³-hybridized carbons (Fsp3) is 0.167. The van der Waals surface area contributed by atoms with Crippen molar-refractivity contribution in [1.29, 1.82) is 0 Å². The van der Waals surface area contributed by atoms with E-state index in [2.05, 4.69) is 15.3 Å². The molecule has 0 radical (unpaired) electrons. The lowest BCUT2D eigenvalue weighted by molar-refractivity contribution is -0.119. The van der Waals surface area contributed by atoms with Gasteiger partial charge in [-0.3, -0.25) is 4.79 Å². The second-order valence-corrected chi connectivity index (χ2v) is 6.67. The van der Waals surface area contributed by atoms with Crippen LogP contribution in [0.5, 0.6) is 0 Å². The lowest BCUT2D eigenvalue weighted by Crippen LogP contribution is -2.28. The molecule has 0 fully saturated rings. The third-order valence-corrected chi connectivity index (χ3v) is 4.94. The third-order valence-electron chi connectivity index (χ3n) is 3.60. The molecule has 0 saturated carbocycles. The van der Waals surface area contributed by atoms with E-state index in [-0.39, 0.29) is 17.7 Å². The molecule has 0 bridgehead atoms. The lowest BCUT2D eigenvalue weighted by Gasteiger charge is -2.15. The van der Waals surface area contributed by atoms with Crippen LogP contribution in [0.1, 0.15) is 18.5 Å². The minimum absolute atomic E-state index is 0.0601. The maximum atomic E-state index is 12.2. The molecule has 0 aliphatic carbocycles. The highest BCUT2D eigenvalue weighted by Gasteiger charge is 2.13. The summed E-state index contributed by atoms with van der Waals surface area (Å²) in [7, 11) is 0. The normalized spacial score (nSPS) is 12.1. The van der Waals surface area contributed by atoms with Gasteiger partial charge in [-0.15, -0.1) is 0 Å². The number of halogens is 1. The molecule has 0 unspecified atom stereocenters. The molecule has 3 aromatic rings. The van der Waals surface area contributed by atoms with E-state index in [4.69, 9.17) is 11.6 Å². The number of carbonyl (C=O) groups is 1. The largest absolute Gasteiger partial charge is 0.349 e. The van der Waals surface area contributed by atoms with Crippen LogP contribution in [0.3, 0.4) is 0 Å². The van der Waals surface area contributed by atoms with Crippen molar-refractivity contribution in [3.63, 3.8) is 0 Å². The second kappa shape index (κ2) is 7.64. The van der Waals surface area contributed by atoms with E-state index in [1.807, 2.05) is 55.5 Å². The highest BCUT2D eigenvalue weighted by atomic mass is 35.5. The van der Waals surface area contributed by atoms with Crippen LogP contribution in [-0.4, -0.2) is 21.6 Å². The predicted molar refractivity (Wildman–Crippen MR) is 98.3 cm³/mol. The molecule has 2 aromatic carbocycles. The molecule has 1 heterocycles. The van der Waals surface area contributed by atoms with Gasteiger partial charge in [-0.2, -0.15) is 0 Å². The second-order valence-electron chi connectivity index (χ2n) is 5.30. The Morgan fingerprint density at radius 3 is 2.75 bits per heavy atom. The van der Waals surface area contributed by atoms with Gasteiger partial charge in [0.2, 0.25) is 5.91 Å². The van der Waals surface area contributed by atoms with Crippen LogP contribution in [0.2, 0.25) is 5.02 Å². The molecule has 4 nitrogen and oxygen atoms in total. The average Bonchev–Trinajstić information content (AvgIpc) is 2.60. The van der Waals surface area contributed by atoms with Crippen LogP contribution in [0.25, 0.3) is 10.9 Å². The van der Waals surface area contributed by atoms with Gasteiger partial charge in [0.15, 0.2) is 0 Å². The zero-order chi connectivity index (χ0) is 16.9. The number of fused-ring (bicyclic) bond motifs is 1. The Bertz CT molecular complexity index is 866. The Balaban J connectivity index is 1.64. The molecule has 0 saturated heterocycles. The van der Waals surface area contributed by atoms with Gasteiger partial charge in [-0.1, -0.05) is 59.8 Å². The Morgan fingerprint density at radius 2 is 1.92 bits per heavy atom. The number of benzene rings is 2. The standard InChI is InChI=1S/C18H16ClN3OS/c1-12(13-6-2-4-8-15(13)19)22-17(23)10-24-18-14-7-3-5-9-16(14)20-11-21-18/h2-9,11-12H,10H2,1H3,(H,22,23)/t12-/m1/s1. The van der Waals surface area contributed by atoms with Crippen LogP contribution < -0.4 is 5.32 Å². The maximum absolute atomic E-state index is 12.2. The summed E-state index contributed by atoms with van der Waals surface area (Å²) in [6.45, 7) is 1.92. The number of nitrogens with one attached hydrogen (secondary N) is 1. The molecule has 6 heteroatoms. The van der Waals surface area contributed by atoms with Crippen LogP contribution >= 0.6 is 23.4 Å². The summed E-state index contributed by atoms with van der Waals surface area (Å²) in [5.41, 5.74) is 1.78. The van der Waals surface area contributed by atoms with E-state index in [0.717, 1.165) is 21.5 Å². The van der Waals surface area contributed by atoms with Crippen LogP contribution in [0.15, 0.2) is 59.9 Å². The van der Waals surface area contributed by atoms with Gasteiger partial charge in [0.25, 0.3) is 0 Å². The number of para-hydroxylation sites is 1. The van der Waals surface area contributed by atoms with Crippen molar-refractivity contribution in [2.45, 2.75) is 18.0 Å². The Morgan fingerprint density at radius 1 is 1.17 bits per heavy atom. The minimum Gasteiger partial charge on any atom is -0.349 e. The Hall–Kier alpha value is -2.11. The van der Waals surface area contributed by atoms with Gasteiger partial charge in [0.1, 0.15) is 11.4 Å². The molecule has 0 aliphatic heterocycles. The summed E-state index contributed by atoms with van der Waals surface area (Å²) in [4.78, 5) is 20.7. The summed E-state index contributed by atoms with van der Waals surface area (Å²) in [6.07, 6.45) is 1.52. The summed E-state index contributed by atoms with van der Waals surface area (Å²) in [5.74, 6) is 0.227. The smallest absolute Gasteiger partial charge is 0.230 e. The quantitative estimate of drug-likeness (QED) is 0.547. The Kier molecular flexibility index (Phi) is 5.33. The van der Waals surface area contributed by atoms with E-state index in [9.17, 15) is 4.79 Å². The zero-order valence-corrected chi connectivity index (χ0v) is 14.6. The summed E-state index contributed by atoms with van der Waals surface area (Å²) < 4.78 is 0. The number of nitrogens with zero attached hydrogens (tertiary/aromatic N) is 2. The third kappa shape index (κ3) is 3.86. The topological polar surface area (TPSA) is 54.9 Å². The first-order valence-corrected chi connectivity index (χ1v) is 8.88. The van der Waals surface area contributed by atoms with Crippen molar-refractivity contribution < 1.29 is 4.79 Å². The van der Waals surface area contributed by atoms with Gasteiger partial charge >= 0.3 is 0 Å². The van der Waals surface area contributed by atoms with Crippen molar-refractivity contribution in [3.05, 3.63) is 65.4 Å². The monoisotopic (exact) mass is 357 g/mol. The molecule has 0 spiro atoms. The highest BCUT2D eigenvalue weighted by molar-refractivity contribution is 8.00. The van der Waals surface area contributed by atoms with Gasteiger partial charge in [-0.05, 0) is 24.6 Å². The fourth-order valence-electron chi connectivity index (χ4n) is 2.42. The molecule has 1 aromatic heterocycles. The summed E-state index contributed by atoms with van der Waals surface area (Å²) in [5, 5.41) is 5.38. The Labute approximate surface area is 149 Å². The van der Waals surface area contributed by atoms with Gasteiger partial charge < -0.3 is 5.32 Å². The van der Waals surface area contributed by atoms with Crippen molar-refractivity contribution in [1.82, 2.24) is 15.3 Å². The number of hydrogen-bond acceptors (Lipinski definition) is 4. The summed E-state index contributed by atoms with van der Waals surface area (Å²) in [6, 6.07) is 15.1. The molecule has 3 rings (SSSR count). The first kappa shape index (κ1) is 16.7. The number of aromatic nitrogens is 2. The minimum atomic E-state index is -0.144. The average molecular weight is 358 g/mol. The first-order chi connectivity index (χ1) is 11.6. The number of hydrogen-bond donors (Lipinski definition) is 1. The lowest BCUT2D eigenvalue weighted by atomic mass is 10.1. The maximum Gasteiger partial charge on any atom is 0.230 e. The summed E-state index contributed by atoms with van der Waals surface area (Å²) >= 11 is 7.57. The van der Waals surface area contributed by atoms with E-state index >= 15 is 0 Å². The molecular weight excluding hydrogens is 342 g/mol. The van der Waals surface area contributed by atoms with Crippen molar-refractivity contribution >= 4 is 40.2 Å². The molecule has 122 valence electrons. The number of rotatable bonds is 5. The highest BCUT2D eigenvalue weighted by Crippen LogP contribution is 2.25. The van der Waals surface area contributed by atoms with Crippen molar-refractivity contribution in [2.75, 3.05) is 5.75 Å². The van der Waals surface area contributed by atoms with Crippen LogP contribution in [0, 0.1) is 0 Å². The van der Waals surface area contributed by atoms with Gasteiger partial charge in [0, 0.05) is 10.4 Å². The SMILES string of the molecule is C[C@@H](NC(=O)CSc1ncnc2ccccc12)c1ccccc1Cl. The van der Waals surface area contributed by atoms with Crippen molar-refractivity contribution in [3.8, 4) is 0 Å². The van der Waals surface area contributed by atoms with Crippen LogP contribution in [-0.2, 0) is 4.79 Å². The molecule has 0 aliphatic rings. The number of thioether (sulfide) groups is 1. The molecule has 1 amide bonds. The van der Waals surface area contributed by atoms with E-state index < -0.39 is 0 Å². The molecular formula is C18H16ClN3OS. The van der Waals surface area contributed by atoms with Crippen molar-refractivity contribution in [2.24, 2.45) is 0 Å². The molecule has 1 N–H and O–H groups in total. The predicted octanol–water partition coefficient (Wildman–Crippen LogP) is 4.25.